The van der Waals surface area contributed by atoms with Gasteiger partial charge >= 0.3 is 0 Å². The maximum Gasteiger partial charge on any atom is 0.262 e. The van der Waals surface area contributed by atoms with Crippen LogP contribution < -0.4 is 5.32 Å². The van der Waals surface area contributed by atoms with Crippen molar-refractivity contribution in [3.8, 4) is 0 Å². The average Bonchev–Trinajstić information content (AvgIpc) is 3.25. The molecule has 2 saturated heterocycles. The predicted molar refractivity (Wildman–Crippen MR) is 101 cm³/mol. The van der Waals surface area contributed by atoms with Crippen LogP contribution in [0.1, 0.15) is 44.3 Å². The highest BCUT2D eigenvalue weighted by Crippen LogP contribution is 2.27. The first kappa shape index (κ1) is 24.0. The van der Waals surface area contributed by atoms with Gasteiger partial charge in [-0.15, -0.1) is 24.8 Å². The van der Waals surface area contributed by atoms with Gasteiger partial charge in [0, 0.05) is 31.5 Å². The number of rotatable bonds is 5. The number of nitrogens with zero attached hydrogens (tertiary/aromatic N) is 4. The van der Waals surface area contributed by atoms with Gasteiger partial charge in [-0.3, -0.25) is 15.0 Å². The normalized spacial score (nSPS) is 24.2. The molecule has 1 amide bonds. The maximum atomic E-state index is 13.3. The predicted octanol–water partition coefficient (Wildman–Crippen LogP) is 2.07. The summed E-state index contributed by atoms with van der Waals surface area (Å²) in [5.74, 6) is -1.60. The molecule has 2 aliphatic rings. The number of halogens is 4. The molecule has 0 bridgehead atoms. The van der Waals surface area contributed by atoms with Gasteiger partial charge in [0.1, 0.15) is 0 Å². The second kappa shape index (κ2) is 9.45. The van der Waals surface area contributed by atoms with Crippen molar-refractivity contribution in [2.75, 3.05) is 26.7 Å². The Hall–Kier alpha value is -1.03. The van der Waals surface area contributed by atoms with Gasteiger partial charge in [-0.2, -0.15) is 4.98 Å². The van der Waals surface area contributed by atoms with E-state index in [2.05, 4.69) is 20.4 Å². The van der Waals surface area contributed by atoms with Gasteiger partial charge in [-0.1, -0.05) is 19.0 Å². The molecule has 27 heavy (non-hydrogen) atoms. The maximum absolute atomic E-state index is 13.3. The van der Waals surface area contributed by atoms with E-state index in [-0.39, 0.29) is 42.7 Å². The van der Waals surface area contributed by atoms with E-state index in [0.717, 1.165) is 6.42 Å². The molecular weight excluding hydrogens is 403 g/mol. The number of aromatic nitrogens is 2. The third-order valence-corrected chi connectivity index (χ3v) is 4.87. The average molecular weight is 430 g/mol. The van der Waals surface area contributed by atoms with Gasteiger partial charge in [0.25, 0.3) is 5.92 Å². The zero-order chi connectivity index (χ0) is 18.2. The molecule has 7 nitrogen and oxygen atoms in total. The van der Waals surface area contributed by atoms with Crippen molar-refractivity contribution in [2.45, 2.75) is 57.2 Å². The number of amides is 1. The number of carbonyl (C=O) groups is 1. The summed E-state index contributed by atoms with van der Waals surface area (Å²) in [5.41, 5.74) is 0. The van der Waals surface area contributed by atoms with Gasteiger partial charge in [0.2, 0.25) is 11.8 Å². The van der Waals surface area contributed by atoms with E-state index >= 15 is 0 Å². The molecule has 2 unspecified atom stereocenters. The highest BCUT2D eigenvalue weighted by atomic mass is 35.5. The molecule has 1 N–H and O–H groups in total. The smallest absolute Gasteiger partial charge is 0.262 e. The number of hydrogen-bond acceptors (Lipinski definition) is 6. The van der Waals surface area contributed by atoms with E-state index in [0.29, 0.717) is 31.3 Å². The minimum absolute atomic E-state index is 0. The fraction of sp³-hybridized carbons (Fsp3) is 0.812. The van der Waals surface area contributed by atoms with Gasteiger partial charge in [-0.05, 0) is 13.5 Å². The van der Waals surface area contributed by atoms with Crippen molar-refractivity contribution in [1.29, 1.82) is 0 Å². The Morgan fingerprint density at radius 2 is 2.15 bits per heavy atom. The molecule has 1 aromatic rings. The van der Waals surface area contributed by atoms with Crippen LogP contribution >= 0.6 is 24.8 Å². The van der Waals surface area contributed by atoms with Crippen LogP contribution in [0.25, 0.3) is 0 Å². The highest BCUT2D eigenvalue weighted by Gasteiger charge is 2.44. The summed E-state index contributed by atoms with van der Waals surface area (Å²) in [5, 5.41) is 6.61. The van der Waals surface area contributed by atoms with E-state index in [1.54, 1.807) is 4.90 Å². The molecule has 156 valence electrons. The van der Waals surface area contributed by atoms with Crippen molar-refractivity contribution in [3.05, 3.63) is 11.7 Å². The summed E-state index contributed by atoms with van der Waals surface area (Å²) in [6, 6.07) is -0.614. The molecule has 2 aliphatic heterocycles. The van der Waals surface area contributed by atoms with E-state index in [1.807, 2.05) is 20.9 Å². The zero-order valence-electron chi connectivity index (χ0n) is 15.7. The Balaban J connectivity index is 0.00000182. The van der Waals surface area contributed by atoms with Gasteiger partial charge < -0.3 is 9.42 Å². The number of carbonyl (C=O) groups excluding carboxylic acids is 1. The van der Waals surface area contributed by atoms with Crippen molar-refractivity contribution in [3.63, 3.8) is 0 Å². The van der Waals surface area contributed by atoms with Gasteiger partial charge in [0.05, 0.1) is 19.1 Å². The molecule has 1 aromatic heterocycles. The molecule has 11 heteroatoms. The molecular formula is C16H27Cl2F2N5O2. The highest BCUT2D eigenvalue weighted by molar-refractivity contribution is 5.85. The van der Waals surface area contributed by atoms with Crippen LogP contribution in [0.5, 0.6) is 0 Å². The van der Waals surface area contributed by atoms with Crippen LogP contribution in [0.4, 0.5) is 8.78 Å². The van der Waals surface area contributed by atoms with Crippen LogP contribution in [-0.2, 0) is 11.3 Å². The first-order valence-corrected chi connectivity index (χ1v) is 8.68. The van der Waals surface area contributed by atoms with Gasteiger partial charge in [-0.25, -0.2) is 8.78 Å². The number of likely N-dealkylation sites (tertiary alicyclic amines) is 1. The second-order valence-corrected chi connectivity index (χ2v) is 7.34. The first-order chi connectivity index (χ1) is 11.7. The zero-order valence-corrected chi connectivity index (χ0v) is 17.3. The summed E-state index contributed by atoms with van der Waals surface area (Å²) in [6.07, 6.45) is 0.393. The topological polar surface area (TPSA) is 74.5 Å². The molecule has 2 fully saturated rings. The molecule has 0 saturated carbocycles. The van der Waals surface area contributed by atoms with E-state index in [4.69, 9.17) is 4.52 Å². The van der Waals surface area contributed by atoms with Crippen LogP contribution in [0.3, 0.4) is 0 Å². The van der Waals surface area contributed by atoms with E-state index in [9.17, 15) is 13.6 Å². The fourth-order valence-corrected chi connectivity index (χ4v) is 3.33. The third kappa shape index (κ3) is 5.73. The quantitative estimate of drug-likeness (QED) is 0.771. The Bertz CT molecular complexity index is 632. The van der Waals surface area contributed by atoms with Crippen molar-refractivity contribution in [2.24, 2.45) is 0 Å². The lowest BCUT2D eigenvalue weighted by atomic mass is 10.1. The number of likely N-dealkylation sites (N-methyl/N-ethyl adjacent to an activating group) is 1. The summed E-state index contributed by atoms with van der Waals surface area (Å²) < 4.78 is 31.8. The van der Waals surface area contributed by atoms with Crippen LogP contribution in [0, 0.1) is 0 Å². The summed E-state index contributed by atoms with van der Waals surface area (Å²) in [4.78, 5) is 20.5. The minimum atomic E-state index is -2.79. The van der Waals surface area contributed by atoms with Crippen molar-refractivity contribution >= 4 is 30.7 Å². The van der Waals surface area contributed by atoms with Gasteiger partial charge in [0.15, 0.2) is 5.82 Å². The van der Waals surface area contributed by atoms with E-state index in [1.165, 1.54) is 0 Å². The molecule has 0 aliphatic carbocycles. The monoisotopic (exact) mass is 429 g/mol. The lowest BCUT2D eigenvalue weighted by Gasteiger charge is -2.24. The number of hydrogen-bond donors (Lipinski definition) is 1. The Labute approximate surface area is 170 Å². The summed E-state index contributed by atoms with van der Waals surface area (Å²) in [7, 11) is 1.95. The third-order valence-electron chi connectivity index (χ3n) is 4.87. The summed E-state index contributed by atoms with van der Waals surface area (Å²) in [6.45, 7) is 5.21. The van der Waals surface area contributed by atoms with Crippen LogP contribution in [0.2, 0.25) is 0 Å². The lowest BCUT2D eigenvalue weighted by Crippen LogP contribution is -2.44. The molecule has 0 radical (unpaired) electrons. The summed E-state index contributed by atoms with van der Waals surface area (Å²) >= 11 is 0. The molecule has 0 spiro atoms. The van der Waals surface area contributed by atoms with Crippen LogP contribution in [0.15, 0.2) is 4.52 Å². The second-order valence-electron chi connectivity index (χ2n) is 7.34. The molecule has 2 atom stereocenters. The number of nitrogens with one attached hydrogen (secondary N) is 1. The SMILES string of the molecule is CC(C)c1nc(CN(C)C2CCN(C(=O)C3CC(F)(F)CN3)C2)no1.Cl.Cl. The Morgan fingerprint density at radius 3 is 2.70 bits per heavy atom. The van der Waals surface area contributed by atoms with Crippen molar-refractivity contribution in [1.82, 2.24) is 25.3 Å². The lowest BCUT2D eigenvalue weighted by molar-refractivity contribution is -0.132. The van der Waals surface area contributed by atoms with Crippen molar-refractivity contribution < 1.29 is 18.1 Å². The number of alkyl halides is 2. The molecule has 3 heterocycles. The molecule has 3 rings (SSSR count). The Kier molecular flexibility index (Phi) is 8.40. The van der Waals surface area contributed by atoms with Crippen LogP contribution in [-0.4, -0.2) is 70.5 Å². The fourth-order valence-electron chi connectivity index (χ4n) is 3.33. The van der Waals surface area contributed by atoms with E-state index < -0.39 is 24.9 Å². The Morgan fingerprint density at radius 1 is 1.44 bits per heavy atom. The first-order valence-electron chi connectivity index (χ1n) is 8.68. The largest absolute Gasteiger partial charge is 0.340 e. The minimum Gasteiger partial charge on any atom is -0.340 e. The standard InChI is InChI=1S/C16H25F2N5O2.2ClH/c1-10(2)14-20-13(21-25-14)8-22(3)11-4-5-23(7-11)15(24)12-6-16(17,18)9-19-12;;/h10-12,19H,4-9H2,1-3H3;2*1H. The molecule has 0 aromatic carbocycles.